The van der Waals surface area contributed by atoms with Gasteiger partial charge in [0.25, 0.3) is 0 Å². The van der Waals surface area contributed by atoms with E-state index in [-0.39, 0.29) is 11.9 Å². The molecule has 1 aromatic heterocycles. The van der Waals surface area contributed by atoms with Crippen molar-refractivity contribution >= 4 is 0 Å². The Morgan fingerprint density at radius 2 is 1.89 bits per heavy atom. The third kappa shape index (κ3) is 3.97. The smallest absolute Gasteiger partial charge is 0.244 e. The fourth-order valence-electron chi connectivity index (χ4n) is 3.57. The number of rotatable bonds is 3. The van der Waals surface area contributed by atoms with Gasteiger partial charge in [-0.15, -0.1) is 0 Å². The summed E-state index contributed by atoms with van der Waals surface area (Å²) in [5, 5.41) is 4.17. The molecule has 4 rings (SSSR count). The second-order valence-corrected chi connectivity index (χ2v) is 7.28. The van der Waals surface area contributed by atoms with E-state index in [4.69, 9.17) is 4.52 Å². The van der Waals surface area contributed by atoms with Gasteiger partial charge in [-0.25, -0.2) is 4.39 Å². The SMILES string of the molecule is CC(C)N1CCCC1c1nc(-c2ccc(C#Cc3cccc(F)c3)cc2)no1. The summed E-state index contributed by atoms with van der Waals surface area (Å²) >= 11 is 0. The number of benzene rings is 2. The number of aromatic nitrogens is 2. The molecule has 1 aliphatic heterocycles. The normalized spacial score (nSPS) is 16.9. The van der Waals surface area contributed by atoms with Gasteiger partial charge in [0.1, 0.15) is 5.82 Å². The number of hydrogen-bond acceptors (Lipinski definition) is 4. The van der Waals surface area contributed by atoms with Crippen LogP contribution in [-0.2, 0) is 0 Å². The molecular weight excluding hydrogens is 353 g/mol. The van der Waals surface area contributed by atoms with E-state index in [0.29, 0.717) is 23.3 Å². The van der Waals surface area contributed by atoms with Crippen molar-refractivity contribution in [1.29, 1.82) is 0 Å². The molecule has 1 aliphatic rings. The van der Waals surface area contributed by atoms with E-state index in [1.165, 1.54) is 12.1 Å². The maximum Gasteiger partial charge on any atom is 0.244 e. The first-order valence-corrected chi connectivity index (χ1v) is 9.57. The van der Waals surface area contributed by atoms with Crippen LogP contribution < -0.4 is 0 Å². The predicted molar refractivity (Wildman–Crippen MR) is 106 cm³/mol. The molecule has 2 aromatic carbocycles. The number of likely N-dealkylation sites (tertiary alicyclic amines) is 1. The molecule has 0 aliphatic carbocycles. The van der Waals surface area contributed by atoms with Gasteiger partial charge in [0.15, 0.2) is 0 Å². The van der Waals surface area contributed by atoms with E-state index in [9.17, 15) is 4.39 Å². The van der Waals surface area contributed by atoms with Crippen molar-refractivity contribution < 1.29 is 8.91 Å². The van der Waals surface area contributed by atoms with Crippen LogP contribution in [-0.4, -0.2) is 27.6 Å². The summed E-state index contributed by atoms with van der Waals surface area (Å²) in [5.41, 5.74) is 2.39. The summed E-state index contributed by atoms with van der Waals surface area (Å²) in [7, 11) is 0. The van der Waals surface area contributed by atoms with Crippen molar-refractivity contribution in [2.45, 2.75) is 38.8 Å². The topological polar surface area (TPSA) is 42.2 Å². The van der Waals surface area contributed by atoms with Gasteiger partial charge >= 0.3 is 0 Å². The van der Waals surface area contributed by atoms with Crippen molar-refractivity contribution in [3.05, 3.63) is 71.4 Å². The highest BCUT2D eigenvalue weighted by Gasteiger charge is 2.32. The van der Waals surface area contributed by atoms with Crippen molar-refractivity contribution in [2.75, 3.05) is 6.54 Å². The van der Waals surface area contributed by atoms with Crippen LogP contribution in [0.2, 0.25) is 0 Å². The maximum atomic E-state index is 13.2. The van der Waals surface area contributed by atoms with E-state index in [1.54, 1.807) is 12.1 Å². The van der Waals surface area contributed by atoms with Gasteiger partial charge in [-0.05, 0) is 75.7 Å². The molecule has 0 N–H and O–H groups in total. The number of nitrogens with zero attached hydrogens (tertiary/aromatic N) is 3. The summed E-state index contributed by atoms with van der Waals surface area (Å²) in [6.45, 7) is 5.46. The Balaban J connectivity index is 1.50. The first-order chi connectivity index (χ1) is 13.6. The Morgan fingerprint density at radius 1 is 1.11 bits per heavy atom. The van der Waals surface area contributed by atoms with Gasteiger partial charge in [-0.3, -0.25) is 4.90 Å². The summed E-state index contributed by atoms with van der Waals surface area (Å²) in [5.74, 6) is 7.02. The zero-order valence-electron chi connectivity index (χ0n) is 16.0. The third-order valence-electron chi connectivity index (χ3n) is 5.00. The summed E-state index contributed by atoms with van der Waals surface area (Å²) in [4.78, 5) is 7.04. The van der Waals surface area contributed by atoms with Crippen LogP contribution in [0.1, 0.15) is 49.7 Å². The molecule has 142 valence electrons. The molecule has 1 fully saturated rings. The van der Waals surface area contributed by atoms with Gasteiger partial charge < -0.3 is 4.52 Å². The van der Waals surface area contributed by atoms with Crippen LogP contribution in [0.5, 0.6) is 0 Å². The molecule has 4 nitrogen and oxygen atoms in total. The second kappa shape index (κ2) is 7.95. The van der Waals surface area contributed by atoms with Crippen molar-refractivity contribution in [3.8, 4) is 23.2 Å². The lowest BCUT2D eigenvalue weighted by Gasteiger charge is -2.25. The molecular formula is C23H22FN3O. The minimum absolute atomic E-state index is 0.206. The van der Waals surface area contributed by atoms with Gasteiger partial charge in [-0.2, -0.15) is 4.98 Å². The molecule has 0 spiro atoms. The molecule has 1 saturated heterocycles. The molecule has 1 atom stereocenters. The van der Waals surface area contributed by atoms with Crippen LogP contribution in [0.25, 0.3) is 11.4 Å². The van der Waals surface area contributed by atoms with E-state index in [1.807, 2.05) is 24.3 Å². The average Bonchev–Trinajstić information content (AvgIpc) is 3.36. The van der Waals surface area contributed by atoms with Crippen LogP contribution in [0, 0.1) is 17.7 Å². The maximum absolute atomic E-state index is 13.2. The van der Waals surface area contributed by atoms with Crippen molar-refractivity contribution in [1.82, 2.24) is 15.0 Å². The predicted octanol–water partition coefficient (Wildman–Crippen LogP) is 4.82. The summed E-state index contributed by atoms with van der Waals surface area (Å²) in [6.07, 6.45) is 2.20. The minimum atomic E-state index is -0.284. The lowest BCUT2D eigenvalue weighted by Crippen LogP contribution is -2.30. The second-order valence-electron chi connectivity index (χ2n) is 7.28. The molecule has 28 heavy (non-hydrogen) atoms. The van der Waals surface area contributed by atoms with E-state index >= 15 is 0 Å². The standard InChI is InChI=1S/C23H22FN3O/c1-16(2)27-14-4-7-21(27)23-25-22(26-28-23)19-12-10-17(11-13-19)8-9-18-5-3-6-20(24)15-18/h3,5-6,10-13,15-16,21H,4,7,14H2,1-2H3. The molecule has 0 bridgehead atoms. The third-order valence-corrected chi connectivity index (χ3v) is 5.00. The quantitative estimate of drug-likeness (QED) is 0.616. The zero-order valence-corrected chi connectivity index (χ0v) is 16.0. The van der Waals surface area contributed by atoms with Crippen LogP contribution in [0.4, 0.5) is 4.39 Å². The van der Waals surface area contributed by atoms with E-state index in [0.717, 1.165) is 30.5 Å². The lowest BCUT2D eigenvalue weighted by atomic mass is 10.1. The largest absolute Gasteiger partial charge is 0.337 e. The first kappa shape index (κ1) is 18.4. The van der Waals surface area contributed by atoms with Gasteiger partial charge in [0.2, 0.25) is 11.7 Å². The fourth-order valence-corrected chi connectivity index (χ4v) is 3.57. The van der Waals surface area contributed by atoms with Gasteiger partial charge in [0, 0.05) is 22.7 Å². The highest BCUT2D eigenvalue weighted by atomic mass is 19.1. The summed E-state index contributed by atoms with van der Waals surface area (Å²) in [6, 6.07) is 14.6. The molecule has 0 radical (unpaired) electrons. The first-order valence-electron chi connectivity index (χ1n) is 9.57. The Hall–Kier alpha value is -2.97. The fraction of sp³-hybridized carbons (Fsp3) is 0.304. The number of hydrogen-bond donors (Lipinski definition) is 0. The van der Waals surface area contributed by atoms with Crippen molar-refractivity contribution in [3.63, 3.8) is 0 Å². The molecule has 3 aromatic rings. The molecule has 5 heteroatoms. The molecule has 0 amide bonds. The zero-order chi connectivity index (χ0) is 19.5. The highest BCUT2D eigenvalue weighted by molar-refractivity contribution is 5.56. The van der Waals surface area contributed by atoms with Gasteiger partial charge in [-0.1, -0.05) is 23.1 Å². The molecule has 1 unspecified atom stereocenters. The monoisotopic (exact) mass is 375 g/mol. The Bertz CT molecular complexity index is 1010. The molecule has 2 heterocycles. The van der Waals surface area contributed by atoms with Crippen molar-refractivity contribution in [2.24, 2.45) is 0 Å². The molecule has 0 saturated carbocycles. The Morgan fingerprint density at radius 3 is 2.64 bits per heavy atom. The van der Waals surface area contributed by atoms with Crippen LogP contribution in [0.15, 0.2) is 53.1 Å². The van der Waals surface area contributed by atoms with E-state index < -0.39 is 0 Å². The van der Waals surface area contributed by atoms with Crippen LogP contribution in [0.3, 0.4) is 0 Å². The highest BCUT2D eigenvalue weighted by Crippen LogP contribution is 2.33. The minimum Gasteiger partial charge on any atom is -0.337 e. The summed E-state index contributed by atoms with van der Waals surface area (Å²) < 4.78 is 18.8. The average molecular weight is 375 g/mol. The number of halogens is 1. The Kier molecular flexibility index (Phi) is 5.23. The van der Waals surface area contributed by atoms with Gasteiger partial charge in [0.05, 0.1) is 6.04 Å². The Labute approximate surface area is 164 Å². The van der Waals surface area contributed by atoms with E-state index in [2.05, 4.69) is 40.7 Å². The lowest BCUT2D eigenvalue weighted by molar-refractivity contribution is 0.170. The van der Waals surface area contributed by atoms with Crippen LogP contribution >= 0.6 is 0 Å².